The molecule has 2 rings (SSSR count). The van der Waals surface area contributed by atoms with Gasteiger partial charge in [0, 0.05) is 24.0 Å². The average molecular weight is 273 g/mol. The summed E-state index contributed by atoms with van der Waals surface area (Å²) >= 11 is 0. The van der Waals surface area contributed by atoms with Crippen LogP contribution in [0.4, 0.5) is 11.4 Å². The van der Waals surface area contributed by atoms with Gasteiger partial charge in [-0.05, 0) is 24.3 Å². The molecule has 1 heterocycles. The molecule has 0 atom stereocenters. The van der Waals surface area contributed by atoms with E-state index < -0.39 is 10.9 Å². The van der Waals surface area contributed by atoms with Crippen molar-refractivity contribution in [1.82, 2.24) is 4.98 Å². The van der Waals surface area contributed by atoms with E-state index in [9.17, 15) is 14.9 Å². The maximum Gasteiger partial charge on any atom is 0.335 e. The van der Waals surface area contributed by atoms with Crippen LogP contribution in [0, 0.1) is 10.1 Å². The highest BCUT2D eigenvalue weighted by Gasteiger charge is 2.05. The highest BCUT2D eigenvalue weighted by Crippen LogP contribution is 2.16. The van der Waals surface area contributed by atoms with Crippen LogP contribution in [0.1, 0.15) is 16.1 Å². The number of nitro groups is 1. The monoisotopic (exact) mass is 273 g/mol. The van der Waals surface area contributed by atoms with Crippen molar-refractivity contribution in [2.24, 2.45) is 0 Å². The first kappa shape index (κ1) is 13.5. The Bertz CT molecular complexity index is 640. The topological polar surface area (TPSA) is 105 Å². The highest BCUT2D eigenvalue weighted by molar-refractivity contribution is 5.87. The lowest BCUT2D eigenvalue weighted by Gasteiger charge is -2.06. The summed E-state index contributed by atoms with van der Waals surface area (Å²) in [6, 6.07) is 8.84. The fourth-order valence-corrected chi connectivity index (χ4v) is 1.60. The molecule has 7 heteroatoms. The molecule has 0 aliphatic rings. The second-order valence-electron chi connectivity index (χ2n) is 4.00. The van der Waals surface area contributed by atoms with Crippen molar-refractivity contribution in [2.45, 2.75) is 6.54 Å². The van der Waals surface area contributed by atoms with E-state index >= 15 is 0 Å². The fraction of sp³-hybridized carbons (Fsp3) is 0.0769. The van der Waals surface area contributed by atoms with Gasteiger partial charge in [-0.15, -0.1) is 0 Å². The number of hydrogen-bond acceptors (Lipinski definition) is 5. The number of carboxylic acid groups (broad SMARTS) is 1. The third-order valence-electron chi connectivity index (χ3n) is 2.62. The minimum atomic E-state index is -1.01. The van der Waals surface area contributed by atoms with Gasteiger partial charge in [-0.1, -0.05) is 0 Å². The van der Waals surface area contributed by atoms with E-state index in [0.29, 0.717) is 17.9 Å². The van der Waals surface area contributed by atoms with Crippen molar-refractivity contribution >= 4 is 17.3 Å². The molecular weight excluding hydrogens is 262 g/mol. The summed E-state index contributed by atoms with van der Waals surface area (Å²) in [7, 11) is 0. The first-order chi connectivity index (χ1) is 9.56. The van der Waals surface area contributed by atoms with Crippen molar-refractivity contribution in [3.05, 3.63) is 64.0 Å². The Morgan fingerprint density at radius 2 is 2.00 bits per heavy atom. The average Bonchev–Trinajstić information content (AvgIpc) is 2.46. The second-order valence-corrected chi connectivity index (χ2v) is 4.00. The first-order valence-corrected chi connectivity index (χ1v) is 5.73. The van der Waals surface area contributed by atoms with E-state index in [2.05, 4.69) is 10.3 Å². The molecule has 0 bridgehead atoms. The Kier molecular flexibility index (Phi) is 3.90. The predicted octanol–water partition coefficient (Wildman–Crippen LogP) is 2.30. The summed E-state index contributed by atoms with van der Waals surface area (Å²) in [4.78, 5) is 24.9. The summed E-state index contributed by atoms with van der Waals surface area (Å²) in [5, 5.41) is 22.4. The quantitative estimate of drug-likeness (QED) is 0.639. The molecule has 0 amide bonds. The van der Waals surface area contributed by atoms with Gasteiger partial charge < -0.3 is 10.4 Å². The smallest absolute Gasteiger partial charge is 0.335 e. The van der Waals surface area contributed by atoms with Gasteiger partial charge in [-0.3, -0.25) is 15.1 Å². The molecule has 2 N–H and O–H groups in total. The molecule has 1 aromatic carbocycles. The van der Waals surface area contributed by atoms with Gasteiger partial charge in [-0.2, -0.15) is 0 Å². The lowest BCUT2D eigenvalue weighted by molar-refractivity contribution is -0.384. The number of hydrogen-bond donors (Lipinski definition) is 2. The summed E-state index contributed by atoms with van der Waals surface area (Å²) in [5.41, 5.74) is 1.45. The molecule has 0 unspecified atom stereocenters. The van der Waals surface area contributed by atoms with Crippen LogP contribution < -0.4 is 5.32 Å². The molecule has 0 saturated heterocycles. The molecule has 7 nitrogen and oxygen atoms in total. The summed E-state index contributed by atoms with van der Waals surface area (Å²) in [6.07, 6.45) is 1.43. The Morgan fingerprint density at radius 1 is 1.30 bits per heavy atom. The largest absolute Gasteiger partial charge is 0.478 e. The molecule has 0 radical (unpaired) electrons. The maximum atomic E-state index is 10.8. The number of aromatic nitrogens is 1. The van der Waals surface area contributed by atoms with Crippen molar-refractivity contribution in [1.29, 1.82) is 0 Å². The summed E-state index contributed by atoms with van der Waals surface area (Å²) in [6.45, 7) is 0.332. The zero-order valence-electron chi connectivity index (χ0n) is 10.3. The van der Waals surface area contributed by atoms with E-state index in [0.717, 1.165) is 0 Å². The van der Waals surface area contributed by atoms with Crippen LogP contribution in [0.25, 0.3) is 0 Å². The highest BCUT2D eigenvalue weighted by atomic mass is 16.6. The van der Waals surface area contributed by atoms with Gasteiger partial charge in [0.2, 0.25) is 0 Å². The van der Waals surface area contributed by atoms with Gasteiger partial charge in [-0.25, -0.2) is 4.79 Å². The molecule has 0 aliphatic carbocycles. The number of pyridine rings is 1. The number of nitrogens with one attached hydrogen (secondary N) is 1. The van der Waals surface area contributed by atoms with Crippen LogP contribution in [0.2, 0.25) is 0 Å². The zero-order valence-corrected chi connectivity index (χ0v) is 10.3. The van der Waals surface area contributed by atoms with Gasteiger partial charge in [0.25, 0.3) is 5.69 Å². The van der Waals surface area contributed by atoms with Crippen molar-refractivity contribution in [2.75, 3.05) is 5.32 Å². The summed E-state index contributed by atoms with van der Waals surface area (Å²) in [5.74, 6) is -1.01. The Labute approximate surface area is 114 Å². The molecule has 0 aliphatic heterocycles. The minimum Gasteiger partial charge on any atom is -0.478 e. The van der Waals surface area contributed by atoms with Crippen molar-refractivity contribution in [3.8, 4) is 0 Å². The van der Waals surface area contributed by atoms with Crippen LogP contribution >= 0.6 is 0 Å². The first-order valence-electron chi connectivity index (χ1n) is 5.73. The van der Waals surface area contributed by atoms with Gasteiger partial charge in [0.1, 0.15) is 0 Å². The molecule has 1 aromatic heterocycles. The molecule has 0 saturated carbocycles. The third kappa shape index (κ3) is 3.29. The zero-order chi connectivity index (χ0) is 14.5. The Morgan fingerprint density at radius 3 is 2.60 bits per heavy atom. The van der Waals surface area contributed by atoms with E-state index in [1.54, 1.807) is 12.1 Å². The Balaban J connectivity index is 2.03. The van der Waals surface area contributed by atoms with E-state index in [4.69, 9.17) is 5.11 Å². The van der Waals surface area contributed by atoms with Crippen LogP contribution in [-0.2, 0) is 6.54 Å². The molecule has 20 heavy (non-hydrogen) atoms. The van der Waals surface area contributed by atoms with Gasteiger partial charge in [0.05, 0.1) is 22.7 Å². The molecular formula is C13H11N3O4. The van der Waals surface area contributed by atoms with E-state index in [-0.39, 0.29) is 11.3 Å². The number of non-ortho nitro benzene ring substituents is 1. The molecule has 2 aromatic rings. The molecule has 0 spiro atoms. The standard InChI is InChI=1S/C13H11N3O4/c17-13(18)9-5-6-14-11(7-9)8-15-10-1-3-12(4-2-10)16(19)20/h1-7,15H,8H2,(H,17,18). The fourth-order valence-electron chi connectivity index (χ4n) is 1.60. The normalized spacial score (nSPS) is 10.0. The molecule has 102 valence electrons. The van der Waals surface area contributed by atoms with Gasteiger partial charge >= 0.3 is 5.97 Å². The van der Waals surface area contributed by atoms with Crippen molar-refractivity contribution < 1.29 is 14.8 Å². The molecule has 0 fully saturated rings. The number of rotatable bonds is 5. The minimum absolute atomic E-state index is 0.0153. The van der Waals surface area contributed by atoms with Crippen LogP contribution in [-0.4, -0.2) is 21.0 Å². The number of carbonyl (C=O) groups is 1. The number of nitrogens with zero attached hydrogens (tertiary/aromatic N) is 2. The van der Waals surface area contributed by atoms with Gasteiger partial charge in [0.15, 0.2) is 0 Å². The number of aromatic carboxylic acids is 1. The van der Waals surface area contributed by atoms with Crippen LogP contribution in [0.3, 0.4) is 0 Å². The predicted molar refractivity (Wildman–Crippen MR) is 71.6 cm³/mol. The number of benzene rings is 1. The lowest BCUT2D eigenvalue weighted by Crippen LogP contribution is -2.04. The summed E-state index contributed by atoms with van der Waals surface area (Å²) < 4.78 is 0. The number of carboxylic acids is 1. The van der Waals surface area contributed by atoms with E-state index in [1.165, 1.54) is 30.5 Å². The van der Waals surface area contributed by atoms with Crippen molar-refractivity contribution in [3.63, 3.8) is 0 Å². The second kappa shape index (κ2) is 5.79. The SMILES string of the molecule is O=C(O)c1ccnc(CNc2ccc([N+](=O)[O-])cc2)c1. The third-order valence-corrected chi connectivity index (χ3v) is 2.62. The Hall–Kier alpha value is -2.96. The number of nitro benzene ring substituents is 1. The van der Waals surface area contributed by atoms with Crippen LogP contribution in [0.15, 0.2) is 42.6 Å². The lowest BCUT2D eigenvalue weighted by atomic mass is 10.2. The van der Waals surface area contributed by atoms with Crippen LogP contribution in [0.5, 0.6) is 0 Å². The number of anilines is 1. The maximum absolute atomic E-state index is 10.8. The van der Waals surface area contributed by atoms with E-state index in [1.807, 2.05) is 0 Å².